The van der Waals surface area contributed by atoms with E-state index in [-0.39, 0.29) is 24.1 Å². The highest BCUT2D eigenvalue weighted by Gasteiger charge is 2.33. The highest BCUT2D eigenvalue weighted by molar-refractivity contribution is 6.18. The Labute approximate surface area is 192 Å². The van der Waals surface area contributed by atoms with Crippen LogP contribution >= 0.6 is 0 Å². The first-order valence-electron chi connectivity index (χ1n) is 11.5. The number of benzene rings is 2. The molecular weight excluding hydrogens is 426 g/mol. The highest BCUT2D eigenvalue weighted by atomic mass is 19.1. The Kier molecular flexibility index (Phi) is 7.28. The average Bonchev–Trinajstić information content (AvgIpc) is 3.52. The molecule has 0 spiro atoms. The molecule has 174 valence electrons. The molecule has 2 fully saturated rings. The lowest BCUT2D eigenvalue weighted by Crippen LogP contribution is -2.29. The summed E-state index contributed by atoms with van der Waals surface area (Å²) in [5, 5.41) is 0. The fraction of sp³-hybridized carbons (Fsp3) is 0.423. The maximum atomic E-state index is 15.0. The van der Waals surface area contributed by atoms with E-state index < -0.39 is 34.9 Å². The van der Waals surface area contributed by atoms with Crippen molar-refractivity contribution in [1.82, 2.24) is 4.90 Å². The molecule has 2 aromatic rings. The van der Waals surface area contributed by atoms with Crippen LogP contribution in [0.4, 0.5) is 8.78 Å². The van der Waals surface area contributed by atoms with Crippen molar-refractivity contribution in [3.63, 3.8) is 0 Å². The maximum absolute atomic E-state index is 15.0. The molecule has 2 aliphatic rings. The van der Waals surface area contributed by atoms with Crippen molar-refractivity contribution in [2.24, 2.45) is 10.9 Å². The van der Waals surface area contributed by atoms with Crippen LogP contribution in [0.5, 0.6) is 0 Å². The zero-order chi connectivity index (χ0) is 23.4. The SMILES string of the molecule is CCOC(=O)C(C=NC1CC1)C(=O)c1cc(F)c(C2CCN(Cc3ccccc3)C2)cc1F. The van der Waals surface area contributed by atoms with Crippen molar-refractivity contribution in [2.75, 3.05) is 19.7 Å². The van der Waals surface area contributed by atoms with Crippen LogP contribution in [0.25, 0.3) is 0 Å². The molecule has 1 saturated carbocycles. The van der Waals surface area contributed by atoms with Gasteiger partial charge in [0.15, 0.2) is 11.7 Å². The molecule has 4 rings (SSSR count). The molecule has 1 saturated heterocycles. The molecule has 0 amide bonds. The van der Waals surface area contributed by atoms with Crippen LogP contribution in [-0.4, -0.2) is 48.6 Å². The topological polar surface area (TPSA) is 59.0 Å². The van der Waals surface area contributed by atoms with Gasteiger partial charge in [-0.3, -0.25) is 19.5 Å². The van der Waals surface area contributed by atoms with E-state index in [0.29, 0.717) is 13.0 Å². The van der Waals surface area contributed by atoms with Crippen LogP contribution in [0, 0.1) is 17.6 Å². The summed E-state index contributed by atoms with van der Waals surface area (Å²) in [4.78, 5) is 31.6. The summed E-state index contributed by atoms with van der Waals surface area (Å²) < 4.78 is 35.0. The number of likely N-dealkylation sites (tertiary alicyclic amines) is 1. The molecule has 0 bridgehead atoms. The Morgan fingerprint density at radius 1 is 1.15 bits per heavy atom. The van der Waals surface area contributed by atoms with Crippen molar-refractivity contribution in [2.45, 2.75) is 44.7 Å². The number of halogens is 2. The maximum Gasteiger partial charge on any atom is 0.322 e. The first-order valence-corrected chi connectivity index (χ1v) is 11.5. The van der Waals surface area contributed by atoms with Gasteiger partial charge in [0.05, 0.1) is 12.2 Å². The summed E-state index contributed by atoms with van der Waals surface area (Å²) in [5.74, 6) is -4.64. The van der Waals surface area contributed by atoms with Gasteiger partial charge in [0.2, 0.25) is 0 Å². The molecule has 1 aliphatic carbocycles. The lowest BCUT2D eigenvalue weighted by atomic mass is 9.92. The van der Waals surface area contributed by atoms with Gasteiger partial charge in [-0.15, -0.1) is 0 Å². The summed E-state index contributed by atoms with van der Waals surface area (Å²) in [6, 6.07) is 12.1. The van der Waals surface area contributed by atoms with Crippen LogP contribution in [0.15, 0.2) is 47.5 Å². The second-order valence-corrected chi connectivity index (χ2v) is 8.68. The van der Waals surface area contributed by atoms with Gasteiger partial charge in [-0.05, 0) is 56.0 Å². The quantitative estimate of drug-likeness (QED) is 0.241. The smallest absolute Gasteiger partial charge is 0.322 e. The van der Waals surface area contributed by atoms with Gasteiger partial charge in [-0.1, -0.05) is 30.3 Å². The third-order valence-corrected chi connectivity index (χ3v) is 6.13. The van der Waals surface area contributed by atoms with Crippen molar-refractivity contribution in [3.05, 3.63) is 70.8 Å². The molecule has 0 aromatic heterocycles. The van der Waals surface area contributed by atoms with Crippen LogP contribution < -0.4 is 0 Å². The number of carbonyl (C=O) groups excluding carboxylic acids is 2. The van der Waals surface area contributed by atoms with Crippen molar-refractivity contribution >= 4 is 18.0 Å². The summed E-state index contributed by atoms with van der Waals surface area (Å²) in [6.45, 7) is 3.84. The van der Waals surface area contributed by atoms with Gasteiger partial charge >= 0.3 is 5.97 Å². The van der Waals surface area contributed by atoms with E-state index in [2.05, 4.69) is 9.89 Å². The number of Topliss-reactive ketones (excluding diaryl/α,β-unsaturated/α-hetero) is 1. The van der Waals surface area contributed by atoms with E-state index in [1.807, 2.05) is 30.3 Å². The number of rotatable bonds is 9. The molecule has 1 heterocycles. The number of esters is 1. The molecule has 2 atom stereocenters. The van der Waals surface area contributed by atoms with Crippen molar-refractivity contribution in [3.8, 4) is 0 Å². The van der Waals surface area contributed by atoms with E-state index in [4.69, 9.17) is 4.74 Å². The Hall–Kier alpha value is -2.93. The third-order valence-electron chi connectivity index (χ3n) is 6.13. The number of aliphatic imine (C=N–C) groups is 1. The molecule has 5 nitrogen and oxygen atoms in total. The Bertz CT molecular complexity index is 1040. The molecular formula is C26H28F2N2O3. The lowest BCUT2D eigenvalue weighted by molar-refractivity contribution is -0.143. The minimum absolute atomic E-state index is 0.0802. The molecule has 1 aliphatic heterocycles. The summed E-state index contributed by atoms with van der Waals surface area (Å²) in [6.07, 6.45) is 3.71. The standard InChI is InChI=1S/C26H28F2N2O3/c1-2-33-26(32)22(14-29-19-8-9-19)25(31)21-13-23(27)20(12-24(21)28)18-10-11-30(16-18)15-17-6-4-3-5-7-17/h3-7,12-14,18-19,22H,2,8-11,15-16H2,1H3. The first kappa shape index (κ1) is 23.2. The lowest BCUT2D eigenvalue weighted by Gasteiger charge is -2.17. The number of hydrogen-bond donors (Lipinski definition) is 0. The second-order valence-electron chi connectivity index (χ2n) is 8.68. The fourth-order valence-corrected chi connectivity index (χ4v) is 4.20. The van der Waals surface area contributed by atoms with Gasteiger partial charge in [0.25, 0.3) is 0 Å². The molecule has 33 heavy (non-hydrogen) atoms. The normalized spacial score (nSPS) is 19.7. The first-order chi connectivity index (χ1) is 16.0. The second kappa shape index (κ2) is 10.3. The number of carbonyl (C=O) groups is 2. The number of ketones is 1. The van der Waals surface area contributed by atoms with Crippen molar-refractivity contribution < 1.29 is 23.1 Å². The van der Waals surface area contributed by atoms with E-state index in [9.17, 15) is 9.59 Å². The number of nitrogens with zero attached hydrogens (tertiary/aromatic N) is 2. The van der Waals surface area contributed by atoms with Gasteiger partial charge in [0.1, 0.15) is 11.6 Å². The van der Waals surface area contributed by atoms with Crippen LogP contribution in [-0.2, 0) is 16.1 Å². The zero-order valence-corrected chi connectivity index (χ0v) is 18.7. The highest BCUT2D eigenvalue weighted by Crippen LogP contribution is 2.32. The van der Waals surface area contributed by atoms with Gasteiger partial charge in [0, 0.05) is 31.3 Å². The number of hydrogen-bond acceptors (Lipinski definition) is 5. The minimum atomic E-state index is -1.38. The minimum Gasteiger partial charge on any atom is -0.465 e. The zero-order valence-electron chi connectivity index (χ0n) is 18.7. The summed E-state index contributed by atoms with van der Waals surface area (Å²) >= 11 is 0. The van der Waals surface area contributed by atoms with E-state index in [0.717, 1.165) is 38.1 Å². The molecule has 0 radical (unpaired) electrons. The molecule has 7 heteroatoms. The summed E-state index contributed by atoms with van der Waals surface area (Å²) in [5.41, 5.74) is 0.984. The van der Waals surface area contributed by atoms with Gasteiger partial charge in [-0.2, -0.15) is 0 Å². The summed E-state index contributed by atoms with van der Waals surface area (Å²) in [7, 11) is 0. The van der Waals surface area contributed by atoms with E-state index in [1.54, 1.807) is 6.92 Å². The van der Waals surface area contributed by atoms with Gasteiger partial charge < -0.3 is 4.74 Å². The molecule has 2 aromatic carbocycles. The van der Waals surface area contributed by atoms with E-state index >= 15 is 8.78 Å². The van der Waals surface area contributed by atoms with Gasteiger partial charge in [-0.25, -0.2) is 8.78 Å². The average molecular weight is 455 g/mol. The molecule has 2 unspecified atom stereocenters. The Balaban J connectivity index is 1.50. The van der Waals surface area contributed by atoms with Crippen LogP contribution in [0.1, 0.15) is 53.6 Å². The third kappa shape index (κ3) is 5.71. The Morgan fingerprint density at radius 2 is 1.91 bits per heavy atom. The Morgan fingerprint density at radius 3 is 2.61 bits per heavy atom. The predicted octanol–water partition coefficient (Wildman–Crippen LogP) is 4.55. The predicted molar refractivity (Wildman–Crippen MR) is 121 cm³/mol. The van der Waals surface area contributed by atoms with E-state index in [1.165, 1.54) is 11.8 Å². The molecule has 0 N–H and O–H groups in total. The number of ether oxygens (including phenoxy) is 1. The van der Waals surface area contributed by atoms with Crippen LogP contribution in [0.2, 0.25) is 0 Å². The van der Waals surface area contributed by atoms with Crippen molar-refractivity contribution in [1.29, 1.82) is 0 Å². The monoisotopic (exact) mass is 454 g/mol. The largest absolute Gasteiger partial charge is 0.465 e. The fourth-order valence-electron chi connectivity index (χ4n) is 4.20. The van der Waals surface area contributed by atoms with Crippen LogP contribution in [0.3, 0.4) is 0 Å².